The van der Waals surface area contributed by atoms with Gasteiger partial charge in [-0.1, -0.05) is 6.92 Å². The van der Waals surface area contributed by atoms with Crippen LogP contribution in [0.3, 0.4) is 0 Å². The van der Waals surface area contributed by atoms with E-state index in [0.717, 1.165) is 12.1 Å². The minimum atomic E-state index is -4.00. The van der Waals surface area contributed by atoms with E-state index >= 15 is 0 Å². The summed E-state index contributed by atoms with van der Waals surface area (Å²) >= 11 is 0. The van der Waals surface area contributed by atoms with Crippen molar-refractivity contribution in [1.82, 2.24) is 14.6 Å². The number of aryl methyl sites for hydroxylation is 1. The van der Waals surface area contributed by atoms with Crippen molar-refractivity contribution < 1.29 is 32.3 Å². The van der Waals surface area contributed by atoms with Crippen molar-refractivity contribution in [1.29, 1.82) is 0 Å². The third kappa shape index (κ3) is 6.63. The first kappa shape index (κ1) is 25.8. The van der Waals surface area contributed by atoms with Crippen molar-refractivity contribution in [3.05, 3.63) is 62.7 Å². The smallest absolute Gasteiger partial charge is 0.458 e. The lowest BCUT2D eigenvalue weighted by Crippen LogP contribution is -2.33. The Hall–Kier alpha value is -2.79. The Bertz CT molecular complexity index is 1170. The van der Waals surface area contributed by atoms with Gasteiger partial charge >= 0.3 is 19.4 Å². The number of hydrogen-bond donors (Lipinski definition) is 2. The van der Waals surface area contributed by atoms with Gasteiger partial charge in [-0.3, -0.25) is 23.7 Å². The van der Waals surface area contributed by atoms with Crippen molar-refractivity contribution in [2.45, 2.75) is 39.0 Å². The topological polar surface area (TPSA) is 138 Å². The highest BCUT2D eigenvalue weighted by atomic mass is 31.2. The molecule has 4 atom stereocenters. The summed E-state index contributed by atoms with van der Waals surface area (Å²) in [7, 11) is -2.76. The van der Waals surface area contributed by atoms with Crippen LogP contribution >= 0.6 is 7.75 Å². The Labute approximate surface area is 194 Å². The highest BCUT2D eigenvalue weighted by molar-refractivity contribution is 7.52. The largest absolute Gasteiger partial charge is 0.469 e. The van der Waals surface area contributed by atoms with E-state index in [2.05, 4.69) is 14.8 Å². The molecule has 186 valence electrons. The maximum Gasteiger partial charge on any atom is 0.458 e. The van der Waals surface area contributed by atoms with Gasteiger partial charge in [0.15, 0.2) is 0 Å². The number of carbonyl (C=O) groups is 1. The molecule has 34 heavy (non-hydrogen) atoms. The predicted molar refractivity (Wildman–Crippen MR) is 119 cm³/mol. The molecule has 2 N–H and O–H groups in total. The lowest BCUT2D eigenvalue weighted by atomic mass is 10.2. The molecule has 11 nitrogen and oxygen atoms in total. The Kier molecular flexibility index (Phi) is 8.42. The number of esters is 1. The Morgan fingerprint density at radius 1 is 1.32 bits per heavy atom. The second-order valence-corrected chi connectivity index (χ2v) is 9.65. The monoisotopic (exact) mass is 499 g/mol. The standard InChI is InChI=1S/C21H27FN3O8P/c1-13(20(27)30-3)10-23-34(29,33-16-6-4-15(22)5-7-16)31-12-17-8-9-18(32-17)25-11-14(2)19(26)24-21(25)28/h4-7,11,13,17-18H,8-10,12H2,1-3H3,(H,23,29)(H,24,26,28)/t13?,17-,18+,34?/m0/s1. The van der Waals surface area contributed by atoms with Crippen LogP contribution in [-0.4, -0.2) is 41.9 Å². The second-order valence-electron chi connectivity index (χ2n) is 7.89. The number of nitrogens with zero attached hydrogens (tertiary/aromatic N) is 1. The molecule has 0 spiro atoms. The molecular weight excluding hydrogens is 472 g/mol. The summed E-state index contributed by atoms with van der Waals surface area (Å²) in [6, 6.07) is 4.88. The zero-order valence-corrected chi connectivity index (χ0v) is 19.9. The molecule has 2 aromatic rings. The second kappa shape index (κ2) is 11.1. The SMILES string of the molecule is COC(=O)C(C)CNP(=O)(OC[C@@H]1CC[C@H](n2cc(C)c(=O)[nH]c2=O)O1)Oc1ccc(F)cc1. The van der Waals surface area contributed by atoms with Crippen molar-refractivity contribution in [2.24, 2.45) is 5.92 Å². The average Bonchev–Trinajstić information content (AvgIpc) is 3.28. The van der Waals surface area contributed by atoms with Crippen LogP contribution in [0.2, 0.25) is 0 Å². The minimum absolute atomic E-state index is 0.0641. The lowest BCUT2D eigenvalue weighted by molar-refractivity contribution is -0.144. The molecule has 0 aliphatic carbocycles. The van der Waals surface area contributed by atoms with E-state index < -0.39 is 49.0 Å². The molecule has 0 saturated carbocycles. The highest BCUT2D eigenvalue weighted by Gasteiger charge is 2.33. The third-order valence-corrected chi connectivity index (χ3v) is 6.72. The van der Waals surface area contributed by atoms with Crippen LogP contribution in [0.1, 0.15) is 31.6 Å². The first-order valence-corrected chi connectivity index (χ1v) is 12.1. The Balaban J connectivity index is 1.67. The number of H-pyrrole nitrogens is 1. The van der Waals surface area contributed by atoms with E-state index in [9.17, 15) is 23.3 Å². The van der Waals surface area contributed by atoms with Crippen LogP contribution in [0.15, 0.2) is 40.1 Å². The average molecular weight is 499 g/mol. The van der Waals surface area contributed by atoms with Crippen molar-refractivity contribution >= 4 is 13.7 Å². The zero-order chi connectivity index (χ0) is 24.9. The number of carbonyl (C=O) groups excluding carboxylic acids is 1. The van der Waals surface area contributed by atoms with Gasteiger partial charge < -0.3 is 14.0 Å². The van der Waals surface area contributed by atoms with Crippen LogP contribution in [0.25, 0.3) is 0 Å². The molecule has 1 aliphatic heterocycles. The summed E-state index contributed by atoms with van der Waals surface area (Å²) < 4.78 is 49.5. The number of methoxy groups -OCH3 is 1. The minimum Gasteiger partial charge on any atom is -0.469 e. The number of rotatable bonds is 10. The number of aromatic nitrogens is 2. The number of benzene rings is 1. The van der Waals surface area contributed by atoms with Gasteiger partial charge in [0.05, 0.1) is 25.7 Å². The zero-order valence-electron chi connectivity index (χ0n) is 19.0. The number of hydrogen-bond acceptors (Lipinski definition) is 8. The molecule has 0 amide bonds. The number of nitrogens with one attached hydrogen (secondary N) is 2. The van der Waals surface area contributed by atoms with Gasteiger partial charge in [0.25, 0.3) is 5.56 Å². The summed E-state index contributed by atoms with van der Waals surface area (Å²) in [6.07, 6.45) is 1.24. The summed E-state index contributed by atoms with van der Waals surface area (Å²) in [4.78, 5) is 37.6. The predicted octanol–water partition coefficient (Wildman–Crippen LogP) is 2.26. The Morgan fingerprint density at radius 3 is 2.71 bits per heavy atom. The first-order chi connectivity index (χ1) is 16.1. The number of ether oxygens (including phenoxy) is 2. The van der Waals surface area contributed by atoms with Crippen LogP contribution in [-0.2, 0) is 23.4 Å². The van der Waals surface area contributed by atoms with E-state index in [4.69, 9.17) is 13.8 Å². The van der Waals surface area contributed by atoms with Crippen LogP contribution in [0.4, 0.5) is 4.39 Å². The van der Waals surface area contributed by atoms with Gasteiger partial charge in [0.1, 0.15) is 17.8 Å². The molecule has 0 bridgehead atoms. The summed E-state index contributed by atoms with van der Waals surface area (Å²) in [5.74, 6) is -1.54. The van der Waals surface area contributed by atoms with Crippen LogP contribution in [0.5, 0.6) is 5.75 Å². The Morgan fingerprint density at radius 2 is 2.03 bits per heavy atom. The van der Waals surface area contributed by atoms with Gasteiger partial charge in [-0.25, -0.2) is 18.8 Å². The maximum absolute atomic E-state index is 13.4. The fraction of sp³-hybridized carbons (Fsp3) is 0.476. The van der Waals surface area contributed by atoms with E-state index in [-0.39, 0.29) is 18.9 Å². The van der Waals surface area contributed by atoms with Gasteiger partial charge in [-0.05, 0) is 44.0 Å². The van der Waals surface area contributed by atoms with Gasteiger partial charge in [0.2, 0.25) is 0 Å². The molecule has 0 radical (unpaired) electrons. The van der Waals surface area contributed by atoms with Crippen molar-refractivity contribution in [3.63, 3.8) is 0 Å². The molecule has 3 rings (SSSR count). The van der Waals surface area contributed by atoms with E-state index in [0.29, 0.717) is 18.4 Å². The molecule has 1 fully saturated rings. The molecule has 1 saturated heterocycles. The quantitative estimate of drug-likeness (QED) is 0.372. The fourth-order valence-electron chi connectivity index (χ4n) is 3.27. The van der Waals surface area contributed by atoms with Gasteiger partial charge in [0, 0.05) is 18.3 Å². The van der Waals surface area contributed by atoms with E-state index in [1.165, 1.54) is 30.0 Å². The lowest BCUT2D eigenvalue weighted by Gasteiger charge is -2.23. The first-order valence-electron chi connectivity index (χ1n) is 10.6. The molecule has 1 aromatic heterocycles. The molecular formula is C21H27FN3O8P. The highest BCUT2D eigenvalue weighted by Crippen LogP contribution is 2.45. The van der Waals surface area contributed by atoms with Crippen molar-refractivity contribution in [2.75, 3.05) is 20.3 Å². The normalized spacial score (nSPS) is 20.5. The molecule has 13 heteroatoms. The summed E-state index contributed by atoms with van der Waals surface area (Å²) in [5, 5.41) is 2.63. The molecule has 1 aromatic carbocycles. The molecule has 1 aliphatic rings. The van der Waals surface area contributed by atoms with Gasteiger partial charge in [-0.15, -0.1) is 0 Å². The maximum atomic E-state index is 13.4. The molecule has 2 heterocycles. The summed E-state index contributed by atoms with van der Waals surface area (Å²) in [6.45, 7) is 2.95. The van der Waals surface area contributed by atoms with E-state index in [1.807, 2.05) is 0 Å². The fourth-order valence-corrected chi connectivity index (χ4v) is 4.73. The number of aromatic amines is 1. The van der Waals surface area contributed by atoms with E-state index in [1.54, 1.807) is 13.8 Å². The number of halogens is 1. The van der Waals surface area contributed by atoms with Crippen LogP contribution < -0.4 is 20.9 Å². The summed E-state index contributed by atoms with van der Waals surface area (Å²) in [5.41, 5.74) is -0.694. The van der Waals surface area contributed by atoms with Gasteiger partial charge in [-0.2, -0.15) is 0 Å². The van der Waals surface area contributed by atoms with Crippen molar-refractivity contribution in [3.8, 4) is 5.75 Å². The van der Waals surface area contributed by atoms with Crippen LogP contribution in [0, 0.1) is 18.7 Å². The third-order valence-electron chi connectivity index (χ3n) is 5.21. The molecule has 2 unspecified atom stereocenters.